The molecule has 1 N–H and O–H groups in total. The minimum Gasteiger partial charge on any atom is -0.390 e. The third kappa shape index (κ3) is 2.81. The van der Waals surface area contributed by atoms with E-state index in [1.807, 2.05) is 0 Å². The molecule has 1 unspecified atom stereocenters. The van der Waals surface area contributed by atoms with E-state index < -0.39 is 11.8 Å². The van der Waals surface area contributed by atoms with Gasteiger partial charge in [0.25, 0.3) is 0 Å². The van der Waals surface area contributed by atoms with Gasteiger partial charge in [-0.25, -0.2) is 4.39 Å². The fourth-order valence-electron chi connectivity index (χ4n) is 8.94. The molecule has 166 valence electrons. The molecule has 0 amide bonds. The van der Waals surface area contributed by atoms with Gasteiger partial charge in [-0.05, 0) is 92.3 Å². The lowest BCUT2D eigenvalue weighted by molar-refractivity contribution is -0.134. The van der Waals surface area contributed by atoms with Crippen LogP contribution in [0.15, 0.2) is 12.4 Å². The fourth-order valence-corrected chi connectivity index (χ4v) is 8.94. The lowest BCUT2D eigenvalue weighted by Crippen LogP contribution is -2.53. The second-order valence-corrected chi connectivity index (χ2v) is 11.6. The Morgan fingerprint density at radius 2 is 2.06 bits per heavy atom. The van der Waals surface area contributed by atoms with Crippen LogP contribution in [0, 0.1) is 58.2 Å². The Balaban J connectivity index is 1.21. The first kappa shape index (κ1) is 19.9. The Hall–Kier alpha value is -1.74. The molecule has 31 heavy (non-hydrogen) atoms. The van der Waals surface area contributed by atoms with Gasteiger partial charge in [-0.15, -0.1) is 0 Å². The van der Waals surface area contributed by atoms with Crippen molar-refractivity contribution in [3.63, 3.8) is 0 Å². The lowest BCUT2D eigenvalue weighted by atomic mass is 9.49. The molecule has 5 aliphatic carbocycles. The molecule has 6 rings (SSSR count). The molecule has 0 spiro atoms. The zero-order valence-electron chi connectivity index (χ0n) is 18.2. The summed E-state index contributed by atoms with van der Waals surface area (Å²) in [5.74, 6) is 2.27. The minimum atomic E-state index is -0.795. The number of carbonyl (C=O) groups is 1. The minimum absolute atomic E-state index is 0.00356. The summed E-state index contributed by atoms with van der Waals surface area (Å²) in [7, 11) is 0. The van der Waals surface area contributed by atoms with E-state index >= 15 is 4.39 Å². The summed E-state index contributed by atoms with van der Waals surface area (Å²) in [5.41, 5.74) is -0.125. The zero-order chi connectivity index (χ0) is 21.5. The molecule has 1 heterocycles. The van der Waals surface area contributed by atoms with Crippen molar-refractivity contribution >= 4 is 5.78 Å². The van der Waals surface area contributed by atoms with Crippen LogP contribution >= 0.6 is 0 Å². The largest absolute Gasteiger partial charge is 0.390 e. The number of hydrogen-bond acceptors (Lipinski definition) is 4. The van der Waals surface area contributed by atoms with Crippen LogP contribution < -0.4 is 0 Å². The maximum atomic E-state index is 15.5. The maximum absolute atomic E-state index is 15.5. The van der Waals surface area contributed by atoms with E-state index in [1.54, 1.807) is 10.9 Å². The predicted octanol–water partition coefficient (Wildman–Crippen LogP) is 3.90. The first-order valence-electron chi connectivity index (χ1n) is 12.2. The summed E-state index contributed by atoms with van der Waals surface area (Å²) in [6.45, 7) is 2.51. The number of rotatable bonds is 3. The molecule has 5 saturated carbocycles. The van der Waals surface area contributed by atoms with E-state index in [0.29, 0.717) is 35.7 Å². The van der Waals surface area contributed by atoms with Crippen molar-refractivity contribution in [3.05, 3.63) is 18.0 Å². The van der Waals surface area contributed by atoms with Crippen LogP contribution in [0.25, 0.3) is 0 Å². The molecule has 1 aromatic rings. The highest BCUT2D eigenvalue weighted by Gasteiger charge is 2.67. The molecule has 0 aromatic carbocycles. The van der Waals surface area contributed by atoms with Gasteiger partial charge >= 0.3 is 0 Å². The van der Waals surface area contributed by atoms with Crippen molar-refractivity contribution in [2.24, 2.45) is 46.8 Å². The van der Waals surface area contributed by atoms with Gasteiger partial charge in [0.1, 0.15) is 12.2 Å². The molecular formula is C25H32FN3O2. The van der Waals surface area contributed by atoms with E-state index in [4.69, 9.17) is 5.26 Å². The Bertz CT molecular complexity index is 955. The van der Waals surface area contributed by atoms with Gasteiger partial charge < -0.3 is 5.11 Å². The van der Waals surface area contributed by atoms with Crippen LogP contribution in [0.1, 0.15) is 63.9 Å². The van der Waals surface area contributed by atoms with Crippen LogP contribution in [0.2, 0.25) is 0 Å². The van der Waals surface area contributed by atoms with Gasteiger partial charge in [0.2, 0.25) is 0 Å². The first-order valence-corrected chi connectivity index (χ1v) is 12.2. The van der Waals surface area contributed by atoms with Crippen LogP contribution in [-0.4, -0.2) is 32.4 Å². The van der Waals surface area contributed by atoms with E-state index in [9.17, 15) is 9.90 Å². The average molecular weight is 426 g/mol. The van der Waals surface area contributed by atoms with Crippen molar-refractivity contribution in [1.82, 2.24) is 9.78 Å². The number of fused-ring (bicyclic) bond motifs is 7. The van der Waals surface area contributed by atoms with E-state index in [-0.39, 0.29) is 35.5 Å². The molecule has 5 fully saturated rings. The molecular weight excluding hydrogens is 393 g/mol. The monoisotopic (exact) mass is 425 g/mol. The van der Waals surface area contributed by atoms with E-state index in [2.05, 4.69) is 18.1 Å². The zero-order valence-corrected chi connectivity index (χ0v) is 18.2. The van der Waals surface area contributed by atoms with Crippen molar-refractivity contribution < 1.29 is 14.3 Å². The number of alkyl halides is 1. The smallest absolute Gasteiger partial charge is 0.157 e. The highest BCUT2D eigenvalue weighted by atomic mass is 19.1. The number of nitrogens with zero attached hydrogens (tertiary/aromatic N) is 3. The van der Waals surface area contributed by atoms with Crippen molar-refractivity contribution in [3.8, 4) is 6.07 Å². The van der Waals surface area contributed by atoms with Crippen LogP contribution in [-0.2, 0) is 11.3 Å². The highest BCUT2D eigenvalue weighted by Crippen LogP contribution is 2.69. The number of halogens is 1. The fraction of sp³-hybridized carbons (Fsp3) is 0.800. The molecule has 5 aliphatic rings. The van der Waals surface area contributed by atoms with Gasteiger partial charge in [-0.1, -0.05) is 6.92 Å². The van der Waals surface area contributed by atoms with Crippen LogP contribution in [0.5, 0.6) is 0 Å². The Morgan fingerprint density at radius 3 is 2.84 bits per heavy atom. The Morgan fingerprint density at radius 1 is 1.26 bits per heavy atom. The summed E-state index contributed by atoms with van der Waals surface area (Å²) in [4.78, 5) is 13.3. The molecule has 1 aromatic heterocycles. The second-order valence-electron chi connectivity index (χ2n) is 11.6. The molecule has 0 aliphatic heterocycles. The van der Waals surface area contributed by atoms with Crippen molar-refractivity contribution in [2.75, 3.05) is 0 Å². The quantitative estimate of drug-likeness (QED) is 0.797. The first-order chi connectivity index (χ1) is 14.8. The average Bonchev–Trinajstić information content (AvgIpc) is 3.06. The number of Topliss-reactive ketones (excluding diaryl/α,β-unsaturated/α-hetero) is 1. The molecule has 0 saturated heterocycles. The molecule has 0 bridgehead atoms. The SMILES string of the molecule is C[C@]12CC[C@@H]3[C@H]4CC[C@]5(O)CC5[C@@H]4[C@H](F)C[C@H]3[C@@H]1CC[C@@H]2C(=O)Cn1cc(C#N)cn1. The van der Waals surface area contributed by atoms with E-state index in [0.717, 1.165) is 44.9 Å². The summed E-state index contributed by atoms with van der Waals surface area (Å²) < 4.78 is 17.1. The number of hydrogen-bond donors (Lipinski definition) is 1. The van der Waals surface area contributed by atoms with Gasteiger partial charge in [-0.3, -0.25) is 9.48 Å². The standard InChI is InChI=1S/C25H32FN3O2/c1-24-6-4-15-16-5-7-25(31)9-20(25)23(16)21(26)8-17(15)18(24)2-3-19(24)22(30)13-29-12-14(10-27)11-28-29/h11-12,15-21,23,31H,2-9,13H2,1H3/t15-,16-,17-,18+,19-,20?,21-,23-,24+,25+/m1/s1. The summed E-state index contributed by atoms with van der Waals surface area (Å²) in [6, 6.07) is 2.06. The van der Waals surface area contributed by atoms with Crippen LogP contribution in [0.3, 0.4) is 0 Å². The van der Waals surface area contributed by atoms with Gasteiger partial charge in [0, 0.05) is 12.1 Å². The van der Waals surface area contributed by atoms with Gasteiger partial charge in [0.15, 0.2) is 5.78 Å². The highest BCUT2D eigenvalue weighted by molar-refractivity contribution is 5.82. The van der Waals surface area contributed by atoms with Crippen LogP contribution in [0.4, 0.5) is 4.39 Å². The summed E-state index contributed by atoms with van der Waals surface area (Å²) in [6.07, 6.45) is 9.68. The lowest BCUT2D eigenvalue weighted by Gasteiger charge is -2.56. The number of aliphatic hydroxyl groups is 1. The molecule has 5 nitrogen and oxygen atoms in total. The molecule has 0 radical (unpaired) electrons. The second kappa shape index (κ2) is 6.63. The van der Waals surface area contributed by atoms with Crippen molar-refractivity contribution in [2.45, 2.75) is 76.6 Å². The third-order valence-corrected chi connectivity index (χ3v) is 10.4. The Kier molecular flexibility index (Phi) is 4.26. The molecule has 6 heteroatoms. The number of nitriles is 1. The predicted molar refractivity (Wildman–Crippen MR) is 111 cm³/mol. The van der Waals surface area contributed by atoms with Crippen molar-refractivity contribution in [1.29, 1.82) is 5.26 Å². The van der Waals surface area contributed by atoms with Gasteiger partial charge in [-0.2, -0.15) is 10.4 Å². The topological polar surface area (TPSA) is 78.9 Å². The van der Waals surface area contributed by atoms with Gasteiger partial charge in [0.05, 0.1) is 23.9 Å². The number of ketones is 1. The summed E-state index contributed by atoms with van der Waals surface area (Å²) in [5, 5.41) is 23.8. The number of aromatic nitrogens is 2. The Labute approximate surface area is 183 Å². The summed E-state index contributed by atoms with van der Waals surface area (Å²) >= 11 is 0. The number of carbonyl (C=O) groups excluding carboxylic acids is 1. The van der Waals surface area contributed by atoms with E-state index in [1.165, 1.54) is 6.20 Å². The maximum Gasteiger partial charge on any atom is 0.157 e. The molecule has 10 atom stereocenters. The normalized spacial score (nSPS) is 49.9. The third-order valence-electron chi connectivity index (χ3n) is 10.4.